The largest absolute Gasteiger partial charge is 0.497 e. The highest BCUT2D eigenvalue weighted by atomic mass is 16.5. The molecule has 0 aromatic heterocycles. The summed E-state index contributed by atoms with van der Waals surface area (Å²) in [6.45, 7) is 1.06. The zero-order valence-electron chi connectivity index (χ0n) is 12.0. The minimum Gasteiger partial charge on any atom is -0.497 e. The van der Waals surface area contributed by atoms with E-state index in [9.17, 15) is 9.59 Å². The van der Waals surface area contributed by atoms with Crippen LogP contribution in [0.3, 0.4) is 0 Å². The highest BCUT2D eigenvalue weighted by Gasteiger charge is 2.35. The molecule has 2 N–H and O–H groups in total. The maximum Gasteiger partial charge on any atom is 0.322 e. The Balaban J connectivity index is 1.61. The van der Waals surface area contributed by atoms with E-state index in [1.807, 2.05) is 12.1 Å². The van der Waals surface area contributed by atoms with Crippen molar-refractivity contribution in [3.05, 3.63) is 24.3 Å². The summed E-state index contributed by atoms with van der Waals surface area (Å²) in [6, 6.07) is 6.47. The van der Waals surface area contributed by atoms with Crippen molar-refractivity contribution in [1.29, 1.82) is 0 Å². The number of rotatable bonds is 5. The number of nitrogens with zero attached hydrogens (tertiary/aromatic N) is 1. The van der Waals surface area contributed by atoms with Crippen LogP contribution in [0, 0.1) is 5.92 Å². The van der Waals surface area contributed by atoms with Gasteiger partial charge in [-0.15, -0.1) is 0 Å². The number of carbonyl (C=O) groups is 2. The molecule has 21 heavy (non-hydrogen) atoms. The van der Waals surface area contributed by atoms with Gasteiger partial charge in [-0.1, -0.05) is 0 Å². The van der Waals surface area contributed by atoms with Crippen molar-refractivity contribution >= 4 is 17.6 Å². The van der Waals surface area contributed by atoms with E-state index in [0.717, 1.165) is 11.4 Å². The molecule has 1 saturated heterocycles. The number of ether oxygens (including phenoxy) is 1. The van der Waals surface area contributed by atoms with Crippen molar-refractivity contribution in [3.8, 4) is 5.75 Å². The van der Waals surface area contributed by atoms with Crippen LogP contribution < -0.4 is 20.3 Å². The molecule has 0 spiro atoms. The molecule has 6 nitrogen and oxygen atoms in total. The molecule has 1 aromatic carbocycles. The van der Waals surface area contributed by atoms with E-state index in [-0.39, 0.29) is 11.9 Å². The molecule has 6 heteroatoms. The maximum atomic E-state index is 12.0. The lowest BCUT2D eigenvalue weighted by atomic mass is 10.2. The number of methoxy groups -OCH3 is 1. The predicted molar refractivity (Wildman–Crippen MR) is 78.4 cm³/mol. The summed E-state index contributed by atoms with van der Waals surface area (Å²) in [7, 11) is 1.60. The number of benzene rings is 1. The fourth-order valence-electron chi connectivity index (χ4n) is 2.36. The van der Waals surface area contributed by atoms with E-state index in [2.05, 4.69) is 10.6 Å². The van der Waals surface area contributed by atoms with Crippen LogP contribution in [-0.4, -0.2) is 38.2 Å². The molecule has 1 unspecified atom stereocenters. The Kier molecular flexibility index (Phi) is 3.68. The summed E-state index contributed by atoms with van der Waals surface area (Å²) in [5.74, 6) is 1.26. The van der Waals surface area contributed by atoms with Crippen LogP contribution >= 0.6 is 0 Å². The average Bonchev–Trinajstić information content (AvgIpc) is 3.26. The average molecular weight is 289 g/mol. The van der Waals surface area contributed by atoms with Crippen LogP contribution in [0.4, 0.5) is 10.5 Å². The number of carbonyl (C=O) groups excluding carboxylic acids is 2. The van der Waals surface area contributed by atoms with Crippen LogP contribution in [-0.2, 0) is 4.79 Å². The normalized spacial score (nSPS) is 21.1. The number of amides is 3. The lowest BCUT2D eigenvalue weighted by molar-refractivity contribution is -0.122. The van der Waals surface area contributed by atoms with Crippen molar-refractivity contribution < 1.29 is 14.3 Å². The van der Waals surface area contributed by atoms with E-state index >= 15 is 0 Å². The molecule has 1 saturated carbocycles. The van der Waals surface area contributed by atoms with Crippen LogP contribution in [0.5, 0.6) is 5.75 Å². The topological polar surface area (TPSA) is 70.7 Å². The lowest BCUT2D eigenvalue weighted by Gasteiger charge is -2.15. The zero-order chi connectivity index (χ0) is 14.8. The molecule has 0 bridgehead atoms. The van der Waals surface area contributed by atoms with Gasteiger partial charge in [0.1, 0.15) is 11.8 Å². The molecule has 1 heterocycles. The summed E-state index contributed by atoms with van der Waals surface area (Å²) < 4.78 is 5.10. The highest BCUT2D eigenvalue weighted by Crippen LogP contribution is 2.27. The Morgan fingerprint density at radius 3 is 2.71 bits per heavy atom. The first-order valence-electron chi connectivity index (χ1n) is 7.17. The minimum absolute atomic E-state index is 0.105. The summed E-state index contributed by atoms with van der Waals surface area (Å²) in [4.78, 5) is 25.6. The fourth-order valence-corrected chi connectivity index (χ4v) is 2.36. The third kappa shape index (κ3) is 3.09. The predicted octanol–water partition coefficient (Wildman–Crippen LogP) is 1.12. The van der Waals surface area contributed by atoms with E-state index in [0.29, 0.717) is 19.0 Å². The quantitative estimate of drug-likeness (QED) is 0.853. The fraction of sp³-hybridized carbons (Fsp3) is 0.467. The molecule has 1 aliphatic carbocycles. The van der Waals surface area contributed by atoms with E-state index in [4.69, 9.17) is 4.74 Å². The number of hydrogen-bond donors (Lipinski definition) is 2. The summed E-state index contributed by atoms with van der Waals surface area (Å²) in [5, 5.41) is 5.62. The van der Waals surface area contributed by atoms with E-state index in [1.54, 1.807) is 24.1 Å². The Morgan fingerprint density at radius 1 is 1.38 bits per heavy atom. The molecule has 3 rings (SSSR count). The molecular weight excluding hydrogens is 270 g/mol. The maximum absolute atomic E-state index is 12.0. The number of urea groups is 1. The smallest absolute Gasteiger partial charge is 0.322 e. The first-order valence-corrected chi connectivity index (χ1v) is 7.17. The van der Waals surface area contributed by atoms with Gasteiger partial charge in [-0.3, -0.25) is 9.69 Å². The minimum atomic E-state index is -0.488. The first kappa shape index (κ1) is 13.7. The molecule has 0 radical (unpaired) electrons. The van der Waals surface area contributed by atoms with Gasteiger partial charge in [0.05, 0.1) is 13.7 Å². The molecule has 1 atom stereocenters. The Labute approximate surface area is 123 Å². The van der Waals surface area contributed by atoms with Gasteiger partial charge in [-0.25, -0.2) is 4.79 Å². The van der Waals surface area contributed by atoms with E-state index in [1.165, 1.54) is 12.8 Å². The summed E-state index contributed by atoms with van der Waals surface area (Å²) in [6.07, 6.45) is 2.38. The number of hydrogen-bond acceptors (Lipinski definition) is 3. The van der Waals surface area contributed by atoms with Gasteiger partial charge in [0.15, 0.2) is 0 Å². The highest BCUT2D eigenvalue weighted by molar-refractivity contribution is 6.00. The van der Waals surface area contributed by atoms with Gasteiger partial charge in [0.2, 0.25) is 5.91 Å². The first-order chi connectivity index (χ1) is 10.2. The van der Waals surface area contributed by atoms with Crippen LogP contribution in [0.1, 0.15) is 12.8 Å². The molecule has 2 aliphatic rings. The van der Waals surface area contributed by atoms with Gasteiger partial charge in [0, 0.05) is 12.2 Å². The van der Waals surface area contributed by atoms with Gasteiger partial charge < -0.3 is 15.4 Å². The Morgan fingerprint density at radius 2 is 2.10 bits per heavy atom. The van der Waals surface area contributed by atoms with Crippen LogP contribution in [0.15, 0.2) is 24.3 Å². The monoisotopic (exact) mass is 289 g/mol. The molecule has 1 aromatic rings. The van der Waals surface area contributed by atoms with Gasteiger partial charge in [-0.05, 0) is 43.0 Å². The summed E-state index contributed by atoms with van der Waals surface area (Å²) >= 11 is 0. The zero-order valence-corrected chi connectivity index (χ0v) is 12.0. The number of nitrogens with one attached hydrogen (secondary N) is 2. The third-order valence-electron chi connectivity index (χ3n) is 3.87. The van der Waals surface area contributed by atoms with Crippen molar-refractivity contribution in [2.75, 3.05) is 25.1 Å². The molecular formula is C15H19N3O3. The number of anilines is 1. The molecule has 1 aliphatic heterocycles. The van der Waals surface area contributed by atoms with Crippen LogP contribution in [0.2, 0.25) is 0 Å². The lowest BCUT2D eigenvalue weighted by Crippen LogP contribution is -2.43. The van der Waals surface area contributed by atoms with Gasteiger partial charge in [0.25, 0.3) is 0 Å². The van der Waals surface area contributed by atoms with Gasteiger partial charge in [-0.2, -0.15) is 0 Å². The SMILES string of the molecule is COc1ccc(N2CC(C(=O)NCC3CC3)NC2=O)cc1. The summed E-state index contributed by atoms with van der Waals surface area (Å²) in [5.41, 5.74) is 0.755. The van der Waals surface area contributed by atoms with E-state index < -0.39 is 6.04 Å². The Hall–Kier alpha value is -2.24. The second-order valence-electron chi connectivity index (χ2n) is 5.50. The molecule has 112 valence electrons. The molecule has 2 fully saturated rings. The second kappa shape index (κ2) is 5.63. The molecule has 3 amide bonds. The van der Waals surface area contributed by atoms with Crippen molar-refractivity contribution in [2.24, 2.45) is 5.92 Å². The van der Waals surface area contributed by atoms with Crippen molar-refractivity contribution in [1.82, 2.24) is 10.6 Å². The second-order valence-corrected chi connectivity index (χ2v) is 5.50. The van der Waals surface area contributed by atoms with Gasteiger partial charge >= 0.3 is 6.03 Å². The Bertz CT molecular complexity index is 540. The standard InChI is InChI=1S/C15H19N3O3/c1-21-12-6-4-11(5-7-12)18-9-13(17-15(18)20)14(19)16-8-10-2-3-10/h4-7,10,13H,2-3,8-9H2,1H3,(H,16,19)(H,17,20). The third-order valence-corrected chi connectivity index (χ3v) is 3.87. The van der Waals surface area contributed by atoms with Crippen molar-refractivity contribution in [3.63, 3.8) is 0 Å². The van der Waals surface area contributed by atoms with Crippen LogP contribution in [0.25, 0.3) is 0 Å². The van der Waals surface area contributed by atoms with Crippen molar-refractivity contribution in [2.45, 2.75) is 18.9 Å².